The molecular formula is C44H67NO11. The van der Waals surface area contributed by atoms with Gasteiger partial charge in [-0.05, 0) is 109 Å². The van der Waals surface area contributed by atoms with Gasteiger partial charge in [-0.15, -0.1) is 0 Å². The van der Waals surface area contributed by atoms with Crippen LogP contribution in [0.5, 0.6) is 0 Å². The van der Waals surface area contributed by atoms with Gasteiger partial charge in [0.2, 0.25) is 0 Å². The van der Waals surface area contributed by atoms with E-state index in [9.17, 15) is 40.5 Å². The predicted molar refractivity (Wildman–Crippen MR) is 207 cm³/mol. The van der Waals surface area contributed by atoms with Crippen molar-refractivity contribution in [1.82, 2.24) is 5.32 Å². The first kappa shape index (κ1) is 42.2. The van der Waals surface area contributed by atoms with Crippen LogP contribution in [0.4, 0.5) is 0 Å². The molecule has 1 aromatic carbocycles. The third-order valence-corrected chi connectivity index (χ3v) is 16.9. The predicted octanol–water partition coefficient (Wildman–Crippen LogP) is 3.53. The number of ether oxygens (including phenoxy) is 3. The molecule has 7 rings (SSSR count). The number of carbonyl (C=O) groups is 1. The SMILES string of the molecule is CNCc1ccc(COC2CC3(C)C(CCC4(C)C3CC=C3C5CC(C)(CO)CC(O)C5(C(=O)O)CCC34C)C(C)(CO)C2OC2OCC(O)C(O)C2O)cc1. The van der Waals surface area contributed by atoms with Gasteiger partial charge < -0.3 is 55.3 Å². The van der Waals surface area contributed by atoms with Crippen molar-refractivity contribution in [1.29, 1.82) is 0 Å². The molecule has 0 amide bonds. The van der Waals surface area contributed by atoms with Gasteiger partial charge in [0.1, 0.15) is 23.7 Å². The second kappa shape index (κ2) is 14.9. The molecule has 1 saturated heterocycles. The van der Waals surface area contributed by atoms with E-state index in [1.165, 1.54) is 0 Å². The van der Waals surface area contributed by atoms with E-state index in [0.717, 1.165) is 36.1 Å². The third kappa shape index (κ3) is 6.27. The summed E-state index contributed by atoms with van der Waals surface area (Å²) in [6.45, 7) is 11.5. The zero-order valence-electron chi connectivity index (χ0n) is 34.1. The van der Waals surface area contributed by atoms with Crippen molar-refractivity contribution < 1.29 is 54.8 Å². The molecule has 314 valence electrons. The van der Waals surface area contributed by atoms with Gasteiger partial charge in [-0.1, -0.05) is 70.5 Å². The lowest BCUT2D eigenvalue weighted by Gasteiger charge is -2.72. The Morgan fingerprint density at radius 2 is 1.59 bits per heavy atom. The Labute approximate surface area is 331 Å². The van der Waals surface area contributed by atoms with E-state index in [1.54, 1.807) is 0 Å². The van der Waals surface area contributed by atoms with Crippen LogP contribution >= 0.6 is 0 Å². The van der Waals surface area contributed by atoms with Crippen LogP contribution in [0.3, 0.4) is 0 Å². The number of allylic oxidation sites excluding steroid dienone is 2. The molecule has 0 radical (unpaired) electrons. The summed E-state index contributed by atoms with van der Waals surface area (Å²) in [5.41, 5.74) is -0.495. The molecular weight excluding hydrogens is 718 g/mol. The second-order valence-corrected chi connectivity index (χ2v) is 20.0. The summed E-state index contributed by atoms with van der Waals surface area (Å²) >= 11 is 0. The lowest BCUT2D eigenvalue weighted by Crippen LogP contribution is -2.70. The number of aliphatic carboxylic acids is 1. The molecule has 1 heterocycles. The van der Waals surface area contributed by atoms with Gasteiger partial charge in [0.25, 0.3) is 0 Å². The topological polar surface area (TPSA) is 198 Å². The molecule has 1 aromatic rings. The van der Waals surface area contributed by atoms with E-state index in [4.69, 9.17) is 14.2 Å². The normalized spacial score (nSPS) is 48.8. The molecule has 12 nitrogen and oxygen atoms in total. The maximum atomic E-state index is 13.2. The Balaban J connectivity index is 1.27. The number of aliphatic hydroxyl groups excluding tert-OH is 6. The Kier molecular flexibility index (Phi) is 11.2. The first-order valence-electron chi connectivity index (χ1n) is 20.9. The van der Waals surface area contributed by atoms with Gasteiger partial charge >= 0.3 is 5.97 Å². The fourth-order valence-electron chi connectivity index (χ4n) is 13.5. The summed E-state index contributed by atoms with van der Waals surface area (Å²) in [5, 5.41) is 79.4. The Morgan fingerprint density at radius 1 is 0.893 bits per heavy atom. The van der Waals surface area contributed by atoms with Crippen molar-refractivity contribution in [3.63, 3.8) is 0 Å². The van der Waals surface area contributed by atoms with Crippen molar-refractivity contribution in [3.05, 3.63) is 47.0 Å². The average molecular weight is 786 g/mol. The van der Waals surface area contributed by atoms with Crippen LogP contribution in [-0.4, -0.2) is 111 Å². The maximum Gasteiger partial charge on any atom is 0.312 e. The molecule has 0 spiro atoms. The number of nitrogens with one attached hydrogen (secondary N) is 1. The van der Waals surface area contributed by atoms with Crippen molar-refractivity contribution in [3.8, 4) is 0 Å². The van der Waals surface area contributed by atoms with Gasteiger partial charge in [-0.2, -0.15) is 0 Å². The third-order valence-electron chi connectivity index (χ3n) is 16.9. The number of fused-ring (bicyclic) bond motifs is 7. The maximum absolute atomic E-state index is 13.2. The monoisotopic (exact) mass is 785 g/mol. The summed E-state index contributed by atoms with van der Waals surface area (Å²) in [5.74, 6) is -1.26. The number of benzene rings is 1. The molecule has 16 atom stereocenters. The molecule has 4 saturated carbocycles. The Hall–Kier alpha value is -1.97. The van der Waals surface area contributed by atoms with Crippen LogP contribution in [0.2, 0.25) is 0 Å². The second-order valence-electron chi connectivity index (χ2n) is 20.0. The molecule has 5 aliphatic carbocycles. The van der Waals surface area contributed by atoms with Crippen molar-refractivity contribution in [2.45, 2.75) is 142 Å². The minimum absolute atomic E-state index is 0.0329. The lowest BCUT2D eigenvalue weighted by atomic mass is 9.33. The zero-order valence-corrected chi connectivity index (χ0v) is 34.1. The largest absolute Gasteiger partial charge is 0.481 e. The zero-order chi connectivity index (χ0) is 40.6. The van der Waals surface area contributed by atoms with Gasteiger partial charge in [0, 0.05) is 18.6 Å². The van der Waals surface area contributed by atoms with Crippen LogP contribution in [0, 0.1) is 50.2 Å². The molecule has 0 bridgehead atoms. The number of rotatable bonds is 10. The van der Waals surface area contributed by atoms with Crippen LogP contribution in [-0.2, 0) is 32.2 Å². The number of carboxylic acid groups (broad SMARTS) is 1. The smallest absolute Gasteiger partial charge is 0.312 e. The minimum Gasteiger partial charge on any atom is -0.481 e. The van der Waals surface area contributed by atoms with Gasteiger partial charge in [0.15, 0.2) is 6.29 Å². The summed E-state index contributed by atoms with van der Waals surface area (Å²) in [6.07, 6.45) is -0.845. The molecule has 8 N–H and O–H groups in total. The van der Waals surface area contributed by atoms with E-state index >= 15 is 0 Å². The van der Waals surface area contributed by atoms with Crippen LogP contribution < -0.4 is 5.32 Å². The van der Waals surface area contributed by atoms with E-state index < -0.39 is 71.0 Å². The highest BCUT2D eigenvalue weighted by Gasteiger charge is 2.72. The number of hydrogen-bond acceptors (Lipinski definition) is 11. The van der Waals surface area contributed by atoms with E-state index in [1.807, 2.05) is 33.0 Å². The first-order valence-corrected chi connectivity index (χ1v) is 20.9. The van der Waals surface area contributed by atoms with Crippen LogP contribution in [0.15, 0.2) is 35.9 Å². The fraction of sp³-hybridized carbons (Fsp3) is 0.795. The van der Waals surface area contributed by atoms with Crippen molar-refractivity contribution in [2.24, 2.45) is 50.2 Å². The molecule has 56 heavy (non-hydrogen) atoms. The summed E-state index contributed by atoms with van der Waals surface area (Å²) < 4.78 is 19.3. The Bertz CT molecular complexity index is 1640. The average Bonchev–Trinajstić information content (AvgIpc) is 3.16. The highest BCUT2D eigenvalue weighted by molar-refractivity contribution is 5.77. The van der Waals surface area contributed by atoms with Crippen LogP contribution in [0.25, 0.3) is 0 Å². The molecule has 1 aliphatic heterocycles. The number of aliphatic hydroxyl groups is 6. The quantitative estimate of drug-likeness (QED) is 0.127. The standard InChI is InChI=1S/C44H67NO11/c1-39(23-46)17-28-27-11-12-32-40(2)18-30(54-21-26-9-7-25(8-10-26)20-45-6)36(56-37-35(51)34(50)29(48)22-55-37)41(3,24-47)31(40)13-14-43(32,5)42(27,4)15-16-44(28,38(52)53)33(49)19-39/h7-11,28-37,45-51H,12-24H2,1-6H3,(H,52,53). The van der Waals surface area contributed by atoms with E-state index in [0.29, 0.717) is 32.1 Å². The Morgan fingerprint density at radius 3 is 2.23 bits per heavy atom. The minimum atomic E-state index is -1.50. The summed E-state index contributed by atoms with van der Waals surface area (Å²) in [7, 11) is 1.91. The first-order chi connectivity index (χ1) is 26.4. The molecule has 16 unspecified atom stereocenters. The molecule has 5 fully saturated rings. The molecule has 12 heteroatoms. The van der Waals surface area contributed by atoms with Gasteiger partial charge in [-0.25, -0.2) is 0 Å². The van der Waals surface area contributed by atoms with E-state index in [-0.39, 0.29) is 60.9 Å². The highest BCUT2D eigenvalue weighted by Crippen LogP contribution is 2.76. The molecule has 0 aromatic heterocycles. The van der Waals surface area contributed by atoms with E-state index in [2.05, 4.69) is 44.3 Å². The van der Waals surface area contributed by atoms with Crippen LogP contribution in [0.1, 0.15) is 97.1 Å². The van der Waals surface area contributed by atoms with Gasteiger partial charge in [0.05, 0.1) is 38.1 Å². The van der Waals surface area contributed by atoms with Crippen molar-refractivity contribution in [2.75, 3.05) is 26.9 Å². The summed E-state index contributed by atoms with van der Waals surface area (Å²) in [4.78, 5) is 13.2. The van der Waals surface area contributed by atoms with Gasteiger partial charge in [-0.3, -0.25) is 4.79 Å². The highest BCUT2D eigenvalue weighted by atomic mass is 16.7. The van der Waals surface area contributed by atoms with Crippen molar-refractivity contribution >= 4 is 5.97 Å². The number of carboxylic acids is 1. The molecule has 6 aliphatic rings. The number of hydrogen-bond donors (Lipinski definition) is 8. The summed E-state index contributed by atoms with van der Waals surface area (Å²) in [6, 6.07) is 8.22. The fourth-order valence-corrected chi connectivity index (χ4v) is 13.5. The lowest BCUT2D eigenvalue weighted by molar-refractivity contribution is -0.332.